The summed E-state index contributed by atoms with van der Waals surface area (Å²) in [4.78, 5) is 15.9. The van der Waals surface area contributed by atoms with Crippen molar-refractivity contribution in [3.05, 3.63) is 53.6 Å². The summed E-state index contributed by atoms with van der Waals surface area (Å²) >= 11 is 0. The van der Waals surface area contributed by atoms with Gasteiger partial charge in [0.1, 0.15) is 5.82 Å². The van der Waals surface area contributed by atoms with E-state index >= 15 is 0 Å². The number of anilines is 2. The molecule has 1 amide bonds. The van der Waals surface area contributed by atoms with Gasteiger partial charge in [-0.1, -0.05) is 0 Å². The molecule has 0 radical (unpaired) electrons. The quantitative estimate of drug-likeness (QED) is 0.798. The van der Waals surface area contributed by atoms with E-state index in [4.69, 9.17) is 5.73 Å². The minimum absolute atomic E-state index is 0.0429. The van der Waals surface area contributed by atoms with Crippen LogP contribution in [0.25, 0.3) is 0 Å². The van der Waals surface area contributed by atoms with Crippen LogP contribution in [-0.4, -0.2) is 10.9 Å². The third-order valence-corrected chi connectivity index (χ3v) is 2.39. The van der Waals surface area contributed by atoms with E-state index in [1.165, 1.54) is 12.1 Å². The SMILES string of the molecule is Cc1cc(NC(=O)c2ccc(N)cc2F)ccn1. The van der Waals surface area contributed by atoms with Gasteiger partial charge in [0.25, 0.3) is 5.91 Å². The summed E-state index contributed by atoms with van der Waals surface area (Å²) in [6.07, 6.45) is 1.57. The number of carbonyl (C=O) groups is 1. The Morgan fingerprint density at radius 3 is 2.78 bits per heavy atom. The van der Waals surface area contributed by atoms with Crippen LogP contribution in [0.3, 0.4) is 0 Å². The molecule has 1 aromatic heterocycles. The van der Waals surface area contributed by atoms with Gasteiger partial charge in [-0.15, -0.1) is 0 Å². The highest BCUT2D eigenvalue weighted by molar-refractivity contribution is 6.04. The molecule has 0 spiro atoms. The minimum atomic E-state index is -0.640. The molecule has 0 saturated heterocycles. The van der Waals surface area contributed by atoms with Crippen LogP contribution in [0.2, 0.25) is 0 Å². The summed E-state index contributed by atoms with van der Waals surface area (Å²) in [6.45, 7) is 1.81. The first-order valence-electron chi connectivity index (χ1n) is 5.35. The Hall–Kier alpha value is -2.43. The van der Waals surface area contributed by atoms with Gasteiger partial charge in [-0.2, -0.15) is 0 Å². The number of rotatable bonds is 2. The third kappa shape index (κ3) is 2.63. The number of hydrogen-bond donors (Lipinski definition) is 2. The fourth-order valence-electron chi connectivity index (χ4n) is 1.54. The molecule has 5 heteroatoms. The van der Waals surface area contributed by atoms with Gasteiger partial charge in [0.15, 0.2) is 0 Å². The average Bonchev–Trinajstić information content (AvgIpc) is 2.28. The number of nitrogens with one attached hydrogen (secondary N) is 1. The van der Waals surface area contributed by atoms with E-state index in [-0.39, 0.29) is 11.3 Å². The number of amides is 1. The van der Waals surface area contributed by atoms with Gasteiger partial charge in [0, 0.05) is 23.3 Å². The van der Waals surface area contributed by atoms with Crippen molar-refractivity contribution in [3.63, 3.8) is 0 Å². The molecule has 4 nitrogen and oxygen atoms in total. The van der Waals surface area contributed by atoms with Crippen LogP contribution in [0.4, 0.5) is 15.8 Å². The van der Waals surface area contributed by atoms with Gasteiger partial charge < -0.3 is 11.1 Å². The summed E-state index contributed by atoms with van der Waals surface area (Å²) in [5, 5.41) is 2.60. The molecule has 0 bridgehead atoms. The molecule has 0 saturated carbocycles. The lowest BCUT2D eigenvalue weighted by atomic mass is 10.1. The largest absolute Gasteiger partial charge is 0.399 e. The smallest absolute Gasteiger partial charge is 0.258 e. The van der Waals surface area contributed by atoms with Crippen molar-refractivity contribution in [3.8, 4) is 0 Å². The molecule has 3 N–H and O–H groups in total. The lowest BCUT2D eigenvalue weighted by molar-refractivity contribution is 0.102. The topological polar surface area (TPSA) is 68.0 Å². The van der Waals surface area contributed by atoms with Crippen molar-refractivity contribution >= 4 is 17.3 Å². The van der Waals surface area contributed by atoms with Gasteiger partial charge in [0.2, 0.25) is 0 Å². The van der Waals surface area contributed by atoms with Crippen LogP contribution in [0, 0.1) is 12.7 Å². The standard InChI is InChI=1S/C13H12FN3O/c1-8-6-10(4-5-16-8)17-13(18)11-3-2-9(15)7-12(11)14/h2-7H,15H2,1H3,(H,16,17,18). The monoisotopic (exact) mass is 245 g/mol. The number of nitrogens with zero attached hydrogens (tertiary/aromatic N) is 1. The number of nitrogens with two attached hydrogens (primary N) is 1. The first-order valence-corrected chi connectivity index (χ1v) is 5.35. The second-order valence-corrected chi connectivity index (χ2v) is 3.88. The molecule has 0 atom stereocenters. The molecule has 0 aliphatic heterocycles. The van der Waals surface area contributed by atoms with Crippen LogP contribution >= 0.6 is 0 Å². The van der Waals surface area contributed by atoms with Gasteiger partial charge >= 0.3 is 0 Å². The number of halogens is 1. The fraction of sp³-hybridized carbons (Fsp3) is 0.0769. The van der Waals surface area contributed by atoms with E-state index in [1.807, 2.05) is 0 Å². The minimum Gasteiger partial charge on any atom is -0.399 e. The lowest BCUT2D eigenvalue weighted by Gasteiger charge is -2.06. The van der Waals surface area contributed by atoms with Crippen molar-refractivity contribution in [2.45, 2.75) is 6.92 Å². The van der Waals surface area contributed by atoms with E-state index in [1.54, 1.807) is 25.3 Å². The van der Waals surface area contributed by atoms with Crippen LogP contribution < -0.4 is 11.1 Å². The molecular formula is C13H12FN3O. The molecular weight excluding hydrogens is 233 g/mol. The number of aromatic nitrogens is 1. The van der Waals surface area contributed by atoms with Crippen LogP contribution in [0.1, 0.15) is 16.1 Å². The maximum Gasteiger partial charge on any atom is 0.258 e. The van der Waals surface area contributed by atoms with Crippen LogP contribution in [0.15, 0.2) is 36.5 Å². The maximum absolute atomic E-state index is 13.5. The molecule has 2 rings (SSSR count). The number of hydrogen-bond acceptors (Lipinski definition) is 3. The molecule has 18 heavy (non-hydrogen) atoms. The number of pyridine rings is 1. The maximum atomic E-state index is 13.5. The molecule has 0 unspecified atom stereocenters. The van der Waals surface area contributed by atoms with Crippen molar-refractivity contribution in [2.75, 3.05) is 11.1 Å². The lowest BCUT2D eigenvalue weighted by Crippen LogP contribution is -2.14. The van der Waals surface area contributed by atoms with Gasteiger partial charge in [-0.05, 0) is 37.3 Å². The van der Waals surface area contributed by atoms with E-state index in [0.29, 0.717) is 5.69 Å². The van der Waals surface area contributed by atoms with Crippen molar-refractivity contribution < 1.29 is 9.18 Å². The Morgan fingerprint density at radius 2 is 2.11 bits per heavy atom. The predicted molar refractivity (Wildman–Crippen MR) is 67.7 cm³/mol. The zero-order valence-electron chi connectivity index (χ0n) is 9.77. The Labute approximate surface area is 104 Å². The molecule has 92 valence electrons. The Kier molecular flexibility index (Phi) is 3.23. The summed E-state index contributed by atoms with van der Waals surface area (Å²) in [7, 11) is 0. The number of benzene rings is 1. The Balaban J connectivity index is 2.22. The number of carbonyl (C=O) groups excluding carboxylic acids is 1. The van der Waals surface area contributed by atoms with Crippen molar-refractivity contribution in [1.29, 1.82) is 0 Å². The van der Waals surface area contributed by atoms with E-state index in [9.17, 15) is 9.18 Å². The zero-order valence-corrected chi connectivity index (χ0v) is 9.77. The second-order valence-electron chi connectivity index (χ2n) is 3.88. The molecule has 2 aromatic rings. The number of aryl methyl sites for hydroxylation is 1. The highest BCUT2D eigenvalue weighted by Crippen LogP contribution is 2.14. The Bertz CT molecular complexity index is 599. The average molecular weight is 245 g/mol. The Morgan fingerprint density at radius 1 is 1.33 bits per heavy atom. The zero-order chi connectivity index (χ0) is 13.1. The van der Waals surface area contributed by atoms with Gasteiger partial charge in [-0.3, -0.25) is 9.78 Å². The van der Waals surface area contributed by atoms with Crippen molar-refractivity contribution in [2.24, 2.45) is 0 Å². The summed E-state index contributed by atoms with van der Waals surface area (Å²) < 4.78 is 13.5. The normalized spacial score (nSPS) is 10.1. The van der Waals surface area contributed by atoms with E-state index < -0.39 is 11.7 Å². The summed E-state index contributed by atoms with van der Waals surface area (Å²) in [5.74, 6) is -1.16. The van der Waals surface area contributed by atoms with Crippen LogP contribution in [0.5, 0.6) is 0 Å². The molecule has 1 aromatic carbocycles. The summed E-state index contributed by atoms with van der Waals surface area (Å²) in [6, 6.07) is 7.30. The number of nitrogen functional groups attached to an aromatic ring is 1. The first kappa shape index (κ1) is 12.0. The molecule has 1 heterocycles. The fourth-order valence-corrected chi connectivity index (χ4v) is 1.54. The van der Waals surface area contributed by atoms with Crippen LogP contribution in [-0.2, 0) is 0 Å². The second kappa shape index (κ2) is 4.83. The first-order chi connectivity index (χ1) is 8.56. The highest BCUT2D eigenvalue weighted by atomic mass is 19.1. The highest BCUT2D eigenvalue weighted by Gasteiger charge is 2.11. The summed E-state index contributed by atoms with van der Waals surface area (Å²) in [5.41, 5.74) is 7.00. The molecule has 0 fully saturated rings. The van der Waals surface area contributed by atoms with E-state index in [2.05, 4.69) is 10.3 Å². The molecule has 0 aliphatic rings. The predicted octanol–water partition coefficient (Wildman–Crippen LogP) is 2.36. The van der Waals surface area contributed by atoms with Gasteiger partial charge in [-0.25, -0.2) is 4.39 Å². The van der Waals surface area contributed by atoms with Crippen molar-refractivity contribution in [1.82, 2.24) is 4.98 Å². The molecule has 0 aliphatic carbocycles. The third-order valence-electron chi connectivity index (χ3n) is 2.39. The van der Waals surface area contributed by atoms with Gasteiger partial charge in [0.05, 0.1) is 5.56 Å². The van der Waals surface area contributed by atoms with E-state index in [0.717, 1.165) is 11.8 Å².